The van der Waals surface area contributed by atoms with E-state index in [1.807, 2.05) is 56.3 Å². The third-order valence-corrected chi connectivity index (χ3v) is 7.59. The monoisotopic (exact) mass is 616 g/mol. The number of para-hydroxylation sites is 1. The number of aromatic nitrogens is 2. The van der Waals surface area contributed by atoms with Crippen LogP contribution in [0.1, 0.15) is 54.5 Å². The van der Waals surface area contributed by atoms with Crippen LogP contribution in [-0.2, 0) is 6.61 Å². The average molecular weight is 617 g/mol. The van der Waals surface area contributed by atoms with Crippen LogP contribution in [0, 0.1) is 18.3 Å². The topological polar surface area (TPSA) is 108 Å². The molecule has 46 heavy (non-hydrogen) atoms. The number of ether oxygens (including phenoxy) is 4. The van der Waals surface area contributed by atoms with Gasteiger partial charge in [0.15, 0.2) is 17.3 Å². The maximum Gasteiger partial charge on any atom is 0.282 e. The second-order valence-corrected chi connectivity index (χ2v) is 10.9. The van der Waals surface area contributed by atoms with Gasteiger partial charge in [-0.15, -0.1) is 0 Å². The van der Waals surface area contributed by atoms with Gasteiger partial charge in [-0.05, 0) is 73.4 Å². The largest absolute Gasteiger partial charge is 0.494 e. The Morgan fingerprint density at radius 2 is 1.65 bits per heavy atom. The van der Waals surface area contributed by atoms with E-state index in [2.05, 4.69) is 25.0 Å². The molecule has 1 heterocycles. The van der Waals surface area contributed by atoms with Gasteiger partial charge in [-0.2, -0.15) is 15.0 Å². The molecule has 0 N–H and O–H groups in total. The van der Waals surface area contributed by atoms with E-state index in [1.165, 1.54) is 18.9 Å². The van der Waals surface area contributed by atoms with Crippen LogP contribution in [0.3, 0.4) is 0 Å². The molecule has 4 aromatic carbocycles. The van der Waals surface area contributed by atoms with E-state index in [0.29, 0.717) is 51.7 Å². The predicted octanol–water partition coefficient (Wildman–Crippen LogP) is 7.24. The molecule has 5 rings (SSSR count). The summed E-state index contributed by atoms with van der Waals surface area (Å²) in [6.45, 7) is 8.83. The molecule has 0 aliphatic carbocycles. The van der Waals surface area contributed by atoms with E-state index in [4.69, 9.17) is 23.9 Å². The number of aryl methyl sites for hydroxylation is 1. The minimum atomic E-state index is -0.300. The second kappa shape index (κ2) is 14.0. The Bertz CT molecular complexity index is 2000. The zero-order valence-electron chi connectivity index (χ0n) is 26.8. The first-order chi connectivity index (χ1) is 22.3. The number of nitriles is 1. The van der Waals surface area contributed by atoms with E-state index in [1.54, 1.807) is 36.5 Å². The molecule has 0 bridgehead atoms. The summed E-state index contributed by atoms with van der Waals surface area (Å²) < 4.78 is 24.7. The van der Waals surface area contributed by atoms with Gasteiger partial charge in [-0.3, -0.25) is 4.79 Å². The van der Waals surface area contributed by atoms with Crippen molar-refractivity contribution in [1.29, 1.82) is 5.26 Å². The Hall–Kier alpha value is -5.62. The smallest absolute Gasteiger partial charge is 0.282 e. The zero-order chi connectivity index (χ0) is 32.8. The summed E-state index contributed by atoms with van der Waals surface area (Å²) in [6.07, 6.45) is 1.56. The molecule has 0 spiro atoms. The van der Waals surface area contributed by atoms with Crippen molar-refractivity contribution in [2.24, 2.45) is 5.10 Å². The summed E-state index contributed by atoms with van der Waals surface area (Å²) in [5.41, 5.74) is 4.85. The molecule has 0 amide bonds. The maximum absolute atomic E-state index is 13.9. The van der Waals surface area contributed by atoms with Gasteiger partial charge in [0.25, 0.3) is 5.56 Å². The van der Waals surface area contributed by atoms with E-state index in [-0.39, 0.29) is 18.1 Å². The van der Waals surface area contributed by atoms with Crippen molar-refractivity contribution >= 4 is 17.1 Å². The Labute approximate surface area is 268 Å². The number of benzene rings is 4. The highest BCUT2D eigenvalue weighted by Gasteiger charge is 2.19. The third-order valence-electron chi connectivity index (χ3n) is 7.59. The van der Waals surface area contributed by atoms with E-state index >= 15 is 0 Å². The summed E-state index contributed by atoms with van der Waals surface area (Å²) in [6, 6.07) is 24.2. The van der Waals surface area contributed by atoms with Crippen LogP contribution >= 0.6 is 0 Å². The average Bonchev–Trinajstić information content (AvgIpc) is 3.07. The Balaban J connectivity index is 1.61. The van der Waals surface area contributed by atoms with Gasteiger partial charge in [-0.25, -0.2) is 4.98 Å². The van der Waals surface area contributed by atoms with Gasteiger partial charge >= 0.3 is 0 Å². The van der Waals surface area contributed by atoms with Crippen molar-refractivity contribution in [2.45, 2.75) is 40.2 Å². The fourth-order valence-electron chi connectivity index (χ4n) is 5.22. The van der Waals surface area contributed by atoms with Crippen LogP contribution in [0.4, 0.5) is 0 Å². The number of fused-ring (bicyclic) bond motifs is 1. The summed E-state index contributed by atoms with van der Waals surface area (Å²) in [5.74, 6) is 2.60. The number of hydrogen-bond donors (Lipinski definition) is 0. The van der Waals surface area contributed by atoms with Crippen LogP contribution in [0.25, 0.3) is 22.3 Å². The van der Waals surface area contributed by atoms with Crippen LogP contribution in [0.15, 0.2) is 82.7 Å². The van der Waals surface area contributed by atoms with Gasteiger partial charge < -0.3 is 18.9 Å². The Kier molecular flexibility index (Phi) is 9.67. The zero-order valence-corrected chi connectivity index (χ0v) is 26.8. The van der Waals surface area contributed by atoms with E-state index in [9.17, 15) is 10.1 Å². The van der Waals surface area contributed by atoms with Crippen molar-refractivity contribution in [3.05, 3.63) is 111 Å². The molecule has 0 saturated heterocycles. The Morgan fingerprint density at radius 3 is 2.33 bits per heavy atom. The van der Waals surface area contributed by atoms with Crippen LogP contribution < -0.4 is 24.5 Å². The fraction of sp³-hybridized carbons (Fsp3) is 0.243. The first-order valence-corrected chi connectivity index (χ1v) is 15.0. The quantitative estimate of drug-likeness (QED) is 0.144. The van der Waals surface area contributed by atoms with Crippen LogP contribution in [-0.4, -0.2) is 36.7 Å². The lowest BCUT2D eigenvalue weighted by Crippen LogP contribution is -2.21. The number of hydrogen-bond acceptors (Lipinski definition) is 8. The molecule has 0 unspecified atom stereocenters. The molecule has 0 aliphatic rings. The first kappa shape index (κ1) is 31.8. The molecule has 9 heteroatoms. The fourth-order valence-corrected chi connectivity index (χ4v) is 5.22. The lowest BCUT2D eigenvalue weighted by atomic mass is 9.96. The molecule has 0 radical (unpaired) electrons. The molecule has 0 aliphatic heterocycles. The molecule has 9 nitrogen and oxygen atoms in total. The van der Waals surface area contributed by atoms with Gasteiger partial charge in [0.2, 0.25) is 5.75 Å². The third kappa shape index (κ3) is 6.42. The van der Waals surface area contributed by atoms with Crippen LogP contribution in [0.2, 0.25) is 0 Å². The van der Waals surface area contributed by atoms with Gasteiger partial charge in [-0.1, -0.05) is 44.2 Å². The lowest BCUT2D eigenvalue weighted by molar-refractivity contribution is 0.265. The summed E-state index contributed by atoms with van der Waals surface area (Å²) in [7, 11) is 3.06. The Morgan fingerprint density at radius 1 is 0.957 bits per heavy atom. The minimum Gasteiger partial charge on any atom is -0.494 e. The number of rotatable bonds is 11. The van der Waals surface area contributed by atoms with Crippen molar-refractivity contribution in [2.75, 3.05) is 20.8 Å². The molecule has 0 saturated carbocycles. The highest BCUT2D eigenvalue weighted by Crippen LogP contribution is 2.39. The summed E-state index contributed by atoms with van der Waals surface area (Å²) >= 11 is 0. The lowest BCUT2D eigenvalue weighted by Gasteiger charge is -2.18. The highest BCUT2D eigenvalue weighted by molar-refractivity contribution is 5.84. The predicted molar refractivity (Wildman–Crippen MR) is 179 cm³/mol. The molecular weight excluding hydrogens is 580 g/mol. The molecule has 5 aromatic rings. The highest BCUT2D eigenvalue weighted by atomic mass is 16.5. The number of nitrogens with zero attached hydrogens (tertiary/aromatic N) is 4. The standard InChI is InChI=1S/C37H36N4O5/c1-7-45-32-16-24(4)30(19-29(32)23(2)3)36-40-31-15-11-10-14-28(31)37(42)41(36)39-21-25-17-33(43-5)35(34(18-25)44-6)46-22-27-13-9-8-12-26(27)20-38/h8-19,21,23H,7,22H2,1-6H3. The van der Waals surface area contributed by atoms with Crippen molar-refractivity contribution < 1.29 is 18.9 Å². The summed E-state index contributed by atoms with van der Waals surface area (Å²) in [4.78, 5) is 18.8. The van der Waals surface area contributed by atoms with Gasteiger partial charge in [0.1, 0.15) is 12.4 Å². The number of methoxy groups -OCH3 is 2. The molecule has 0 fully saturated rings. The molecular formula is C37H36N4O5. The molecule has 0 atom stereocenters. The molecule has 234 valence electrons. The molecule has 1 aromatic heterocycles. The van der Waals surface area contributed by atoms with Gasteiger partial charge in [0, 0.05) is 16.7 Å². The second-order valence-electron chi connectivity index (χ2n) is 10.9. The maximum atomic E-state index is 13.9. The minimum absolute atomic E-state index is 0.144. The van der Waals surface area contributed by atoms with Crippen molar-refractivity contribution in [3.63, 3.8) is 0 Å². The van der Waals surface area contributed by atoms with E-state index < -0.39 is 0 Å². The summed E-state index contributed by atoms with van der Waals surface area (Å²) in [5, 5.41) is 14.6. The van der Waals surface area contributed by atoms with Crippen LogP contribution in [0.5, 0.6) is 23.0 Å². The van der Waals surface area contributed by atoms with Crippen molar-refractivity contribution in [3.8, 4) is 40.5 Å². The van der Waals surface area contributed by atoms with Gasteiger partial charge in [0.05, 0.1) is 49.6 Å². The normalized spacial score (nSPS) is 11.2. The van der Waals surface area contributed by atoms with Crippen molar-refractivity contribution in [1.82, 2.24) is 9.66 Å². The SMILES string of the molecule is CCOc1cc(C)c(-c2nc3ccccc3c(=O)n2N=Cc2cc(OC)c(OCc3ccccc3C#N)c(OC)c2)cc1C(C)C. The van der Waals surface area contributed by atoms with E-state index in [0.717, 1.165) is 28.0 Å². The first-order valence-electron chi connectivity index (χ1n) is 15.0.